The van der Waals surface area contributed by atoms with E-state index in [1.807, 2.05) is 11.4 Å². The van der Waals surface area contributed by atoms with Crippen molar-refractivity contribution in [2.24, 2.45) is 0 Å². The average Bonchev–Trinajstić information content (AvgIpc) is 2.66. The Morgan fingerprint density at radius 1 is 1.60 bits per heavy atom. The number of rotatable bonds is 3. The fourth-order valence-corrected chi connectivity index (χ4v) is 3.53. The molecule has 0 spiro atoms. The van der Waals surface area contributed by atoms with Crippen LogP contribution in [0.5, 0.6) is 0 Å². The lowest BCUT2D eigenvalue weighted by Crippen LogP contribution is -2.21. The fourth-order valence-electron chi connectivity index (χ4n) is 1.89. The second-order valence-electron chi connectivity index (χ2n) is 3.87. The normalized spacial score (nSPS) is 24.0. The molecule has 4 heteroatoms. The lowest BCUT2D eigenvalue weighted by Gasteiger charge is -2.24. The molecule has 1 N–H and O–H groups in total. The molecule has 0 aliphatic carbocycles. The van der Waals surface area contributed by atoms with Crippen LogP contribution in [-0.4, -0.2) is 17.8 Å². The van der Waals surface area contributed by atoms with Crippen molar-refractivity contribution in [3.05, 3.63) is 20.8 Å². The predicted molar refractivity (Wildman–Crippen MR) is 65.2 cm³/mol. The first-order valence-corrected chi connectivity index (χ1v) is 6.97. The molecule has 0 amide bonds. The summed E-state index contributed by atoms with van der Waals surface area (Å²) in [6, 6.07) is 1.98. The smallest absolute Gasteiger partial charge is 0.0918 e. The molecule has 2 atom stereocenters. The van der Waals surface area contributed by atoms with Crippen molar-refractivity contribution < 1.29 is 9.84 Å². The number of thiophene rings is 1. The summed E-state index contributed by atoms with van der Waals surface area (Å²) in [6.45, 7) is 0.850. The van der Waals surface area contributed by atoms with Crippen LogP contribution in [0, 0.1) is 0 Å². The van der Waals surface area contributed by atoms with Gasteiger partial charge in [0.1, 0.15) is 0 Å². The molecule has 2 unspecified atom stereocenters. The lowest BCUT2D eigenvalue weighted by molar-refractivity contribution is -0.0150. The van der Waals surface area contributed by atoms with Gasteiger partial charge in [-0.1, -0.05) is 0 Å². The molecule has 1 aliphatic heterocycles. The van der Waals surface area contributed by atoms with Crippen LogP contribution in [0.2, 0.25) is 0 Å². The van der Waals surface area contributed by atoms with Gasteiger partial charge in [0.15, 0.2) is 0 Å². The van der Waals surface area contributed by atoms with Crippen molar-refractivity contribution in [1.82, 2.24) is 0 Å². The molecule has 0 aromatic carbocycles. The molecule has 0 radical (unpaired) electrons. The van der Waals surface area contributed by atoms with Gasteiger partial charge >= 0.3 is 0 Å². The van der Waals surface area contributed by atoms with Crippen LogP contribution >= 0.6 is 27.3 Å². The Morgan fingerprint density at radius 2 is 2.47 bits per heavy atom. The Morgan fingerprint density at radius 3 is 3.07 bits per heavy atom. The summed E-state index contributed by atoms with van der Waals surface area (Å²) < 4.78 is 6.63. The summed E-state index contributed by atoms with van der Waals surface area (Å²) in [4.78, 5) is 1.02. The van der Waals surface area contributed by atoms with E-state index < -0.39 is 0 Å². The third-order valence-corrected chi connectivity index (χ3v) is 4.68. The van der Waals surface area contributed by atoms with Crippen LogP contribution in [0.4, 0.5) is 0 Å². The summed E-state index contributed by atoms with van der Waals surface area (Å²) in [5, 5.41) is 12.0. The highest BCUT2D eigenvalue weighted by Crippen LogP contribution is 2.33. The molecule has 15 heavy (non-hydrogen) atoms. The SMILES string of the molecule is OC(CC1CCCCO1)c1sccc1Br. The first-order valence-electron chi connectivity index (χ1n) is 5.30. The van der Waals surface area contributed by atoms with E-state index in [1.54, 1.807) is 11.3 Å². The van der Waals surface area contributed by atoms with Gasteiger partial charge in [0.05, 0.1) is 12.2 Å². The van der Waals surface area contributed by atoms with Gasteiger partial charge in [0, 0.05) is 22.4 Å². The van der Waals surface area contributed by atoms with Gasteiger partial charge in [0.25, 0.3) is 0 Å². The average molecular weight is 291 g/mol. The Kier molecular flexibility index (Phi) is 4.20. The molecule has 1 aromatic heterocycles. The minimum absolute atomic E-state index is 0.239. The molecule has 1 aromatic rings. The molecule has 1 fully saturated rings. The Balaban J connectivity index is 1.91. The highest BCUT2D eigenvalue weighted by molar-refractivity contribution is 9.10. The van der Waals surface area contributed by atoms with E-state index in [1.165, 1.54) is 6.42 Å². The first kappa shape index (κ1) is 11.6. The fraction of sp³-hybridized carbons (Fsp3) is 0.636. The summed E-state index contributed by atoms with van der Waals surface area (Å²) in [5.74, 6) is 0. The van der Waals surface area contributed by atoms with E-state index in [4.69, 9.17) is 4.74 Å². The van der Waals surface area contributed by atoms with Crippen LogP contribution in [-0.2, 0) is 4.74 Å². The minimum Gasteiger partial charge on any atom is -0.387 e. The molecule has 0 saturated carbocycles. The van der Waals surface area contributed by atoms with E-state index in [0.717, 1.165) is 35.2 Å². The van der Waals surface area contributed by atoms with E-state index in [0.29, 0.717) is 0 Å². The lowest BCUT2D eigenvalue weighted by atomic mass is 10.0. The Bertz CT molecular complexity index is 307. The van der Waals surface area contributed by atoms with Gasteiger partial charge in [0.2, 0.25) is 0 Å². The molecule has 84 valence electrons. The van der Waals surface area contributed by atoms with Crippen LogP contribution in [0.3, 0.4) is 0 Å². The topological polar surface area (TPSA) is 29.5 Å². The standard InChI is InChI=1S/C11H15BrO2S/c12-9-4-6-15-11(9)10(13)7-8-3-1-2-5-14-8/h4,6,8,10,13H,1-3,5,7H2. The number of aliphatic hydroxyl groups excluding tert-OH is 1. The zero-order chi connectivity index (χ0) is 10.7. The maximum absolute atomic E-state index is 10.0. The number of halogens is 1. The third kappa shape index (κ3) is 3.03. The summed E-state index contributed by atoms with van der Waals surface area (Å²) in [6.07, 6.45) is 4.04. The van der Waals surface area contributed by atoms with Crippen molar-refractivity contribution in [2.75, 3.05) is 6.61 Å². The molecular formula is C11H15BrO2S. The third-order valence-electron chi connectivity index (χ3n) is 2.71. The molecular weight excluding hydrogens is 276 g/mol. The van der Waals surface area contributed by atoms with Crippen molar-refractivity contribution in [2.45, 2.75) is 37.9 Å². The second-order valence-corrected chi connectivity index (χ2v) is 5.67. The van der Waals surface area contributed by atoms with Gasteiger partial charge in [-0.05, 0) is 46.6 Å². The molecule has 2 rings (SSSR count). The van der Waals surface area contributed by atoms with Crippen LogP contribution in [0.15, 0.2) is 15.9 Å². The molecule has 0 bridgehead atoms. The largest absolute Gasteiger partial charge is 0.387 e. The van der Waals surface area contributed by atoms with Crippen molar-refractivity contribution >= 4 is 27.3 Å². The van der Waals surface area contributed by atoms with Crippen LogP contribution in [0.1, 0.15) is 36.7 Å². The van der Waals surface area contributed by atoms with E-state index in [9.17, 15) is 5.11 Å². The van der Waals surface area contributed by atoms with Gasteiger partial charge < -0.3 is 9.84 Å². The highest BCUT2D eigenvalue weighted by Gasteiger charge is 2.21. The van der Waals surface area contributed by atoms with Gasteiger partial charge in [-0.2, -0.15) is 0 Å². The predicted octanol–water partition coefficient (Wildman–Crippen LogP) is 3.50. The van der Waals surface area contributed by atoms with Crippen LogP contribution in [0.25, 0.3) is 0 Å². The van der Waals surface area contributed by atoms with E-state index in [-0.39, 0.29) is 12.2 Å². The summed E-state index contributed by atoms with van der Waals surface area (Å²) >= 11 is 5.04. The zero-order valence-electron chi connectivity index (χ0n) is 8.49. The second kappa shape index (κ2) is 5.43. The van der Waals surface area contributed by atoms with Gasteiger partial charge in [-0.3, -0.25) is 0 Å². The van der Waals surface area contributed by atoms with E-state index >= 15 is 0 Å². The maximum atomic E-state index is 10.0. The van der Waals surface area contributed by atoms with Gasteiger partial charge in [-0.25, -0.2) is 0 Å². The first-order chi connectivity index (χ1) is 7.27. The molecule has 2 heterocycles. The summed E-state index contributed by atoms with van der Waals surface area (Å²) in [7, 11) is 0. The number of hydrogen-bond acceptors (Lipinski definition) is 3. The van der Waals surface area contributed by atoms with Crippen LogP contribution < -0.4 is 0 Å². The highest BCUT2D eigenvalue weighted by atomic mass is 79.9. The Labute approximate surface area is 102 Å². The Hall–Kier alpha value is 0.100. The molecule has 1 saturated heterocycles. The van der Waals surface area contributed by atoms with Gasteiger partial charge in [-0.15, -0.1) is 11.3 Å². The minimum atomic E-state index is -0.387. The number of ether oxygens (including phenoxy) is 1. The van der Waals surface area contributed by atoms with E-state index in [2.05, 4.69) is 15.9 Å². The monoisotopic (exact) mass is 290 g/mol. The van der Waals surface area contributed by atoms with Crippen molar-refractivity contribution in [1.29, 1.82) is 0 Å². The molecule has 1 aliphatic rings. The maximum Gasteiger partial charge on any atom is 0.0918 e. The van der Waals surface area contributed by atoms with Crippen molar-refractivity contribution in [3.63, 3.8) is 0 Å². The summed E-state index contributed by atoms with van der Waals surface area (Å²) in [5.41, 5.74) is 0. The molecule has 2 nitrogen and oxygen atoms in total. The number of hydrogen-bond donors (Lipinski definition) is 1. The van der Waals surface area contributed by atoms with Crippen molar-refractivity contribution in [3.8, 4) is 0 Å². The quantitative estimate of drug-likeness (QED) is 0.923. The zero-order valence-corrected chi connectivity index (χ0v) is 10.9. The number of aliphatic hydroxyl groups is 1.